The van der Waals surface area contributed by atoms with E-state index in [-0.39, 0.29) is 12.5 Å². The quantitative estimate of drug-likeness (QED) is 0.864. The van der Waals surface area contributed by atoms with Crippen molar-refractivity contribution in [3.8, 4) is 11.8 Å². The lowest BCUT2D eigenvalue weighted by atomic mass is 9.94. The van der Waals surface area contributed by atoms with Gasteiger partial charge in [-0.15, -0.1) is 0 Å². The van der Waals surface area contributed by atoms with Crippen molar-refractivity contribution in [2.75, 3.05) is 0 Å². The molecule has 1 N–H and O–H groups in total. The summed E-state index contributed by atoms with van der Waals surface area (Å²) in [4.78, 5) is 18.2. The van der Waals surface area contributed by atoms with E-state index in [0.29, 0.717) is 5.56 Å². The second-order valence-electron chi connectivity index (χ2n) is 5.78. The maximum absolute atomic E-state index is 14.0. The number of H-pyrrole nitrogens is 1. The average Bonchev–Trinajstić information content (AvgIpc) is 3.40. The van der Waals surface area contributed by atoms with Crippen molar-refractivity contribution in [1.82, 2.24) is 9.97 Å². The van der Waals surface area contributed by atoms with Crippen molar-refractivity contribution in [1.29, 1.82) is 0 Å². The molecule has 4 nitrogen and oxygen atoms in total. The zero-order chi connectivity index (χ0) is 17.9. The van der Waals surface area contributed by atoms with Crippen LogP contribution in [0.3, 0.4) is 0 Å². The molecule has 1 aliphatic rings. The minimum atomic E-state index is -4.88. The number of nitrogens with zero attached hydrogens (tertiary/aromatic N) is 1. The van der Waals surface area contributed by atoms with Crippen LogP contribution in [0.1, 0.15) is 24.0 Å². The Hall–Kier alpha value is -2.59. The van der Waals surface area contributed by atoms with Crippen LogP contribution in [0.15, 0.2) is 47.7 Å². The van der Waals surface area contributed by atoms with E-state index in [0.717, 1.165) is 18.9 Å². The number of hydrogen-bond donors (Lipinski definition) is 1. The highest BCUT2D eigenvalue weighted by atomic mass is 19.4. The van der Waals surface area contributed by atoms with Gasteiger partial charge in [-0.3, -0.25) is 9.78 Å². The molecule has 1 saturated carbocycles. The molecule has 2 aromatic heterocycles. The van der Waals surface area contributed by atoms with Crippen LogP contribution in [0.4, 0.5) is 13.2 Å². The summed E-state index contributed by atoms with van der Waals surface area (Å²) < 4.78 is 47.3. The number of aromatic nitrogens is 2. The molecule has 7 heteroatoms. The highest BCUT2D eigenvalue weighted by Crippen LogP contribution is 2.42. The molecule has 0 aliphatic heterocycles. The predicted molar refractivity (Wildman–Crippen MR) is 84.3 cm³/mol. The second kappa shape index (κ2) is 6.73. The van der Waals surface area contributed by atoms with Gasteiger partial charge in [0.2, 0.25) is 0 Å². The zero-order valence-corrected chi connectivity index (χ0v) is 13.1. The summed E-state index contributed by atoms with van der Waals surface area (Å²) in [6.07, 6.45) is 0.825. The Labute approximate surface area is 142 Å². The van der Waals surface area contributed by atoms with Gasteiger partial charge in [-0.05, 0) is 42.7 Å². The van der Waals surface area contributed by atoms with Crippen molar-refractivity contribution < 1.29 is 17.9 Å². The standard InChI is InChI=1S/C18H15F3N2O2/c19-18(20,21)17(8-5-13-3-4-13,15-2-1-9-23-16(15)24)25-12-14-6-10-22-11-7-14/h1-2,6-7,9-11,13H,3-4,12H2,(H,23,24)/t17-/m0/s1. The van der Waals surface area contributed by atoms with E-state index in [2.05, 4.69) is 21.8 Å². The van der Waals surface area contributed by atoms with Gasteiger partial charge >= 0.3 is 6.18 Å². The number of alkyl halides is 3. The number of pyridine rings is 2. The molecule has 1 fully saturated rings. The predicted octanol–water partition coefficient (Wildman–Crippen LogP) is 3.16. The molecule has 1 aliphatic carbocycles. The first-order chi connectivity index (χ1) is 11.9. The van der Waals surface area contributed by atoms with Gasteiger partial charge in [-0.25, -0.2) is 0 Å². The number of aromatic amines is 1. The molecule has 25 heavy (non-hydrogen) atoms. The van der Waals surface area contributed by atoms with Gasteiger partial charge in [0, 0.05) is 24.5 Å². The van der Waals surface area contributed by atoms with Gasteiger partial charge in [0.05, 0.1) is 12.2 Å². The molecule has 2 heterocycles. The first kappa shape index (κ1) is 17.2. The zero-order valence-electron chi connectivity index (χ0n) is 13.1. The van der Waals surface area contributed by atoms with Gasteiger partial charge in [0.1, 0.15) is 0 Å². The van der Waals surface area contributed by atoms with Crippen LogP contribution in [-0.4, -0.2) is 16.1 Å². The third kappa shape index (κ3) is 3.74. The number of rotatable bonds is 4. The minimum absolute atomic E-state index is 0.0750. The van der Waals surface area contributed by atoms with Crippen LogP contribution in [0, 0.1) is 17.8 Å². The van der Waals surface area contributed by atoms with E-state index < -0.39 is 22.9 Å². The number of nitrogens with one attached hydrogen (secondary N) is 1. The molecule has 0 amide bonds. The fourth-order valence-electron chi connectivity index (χ4n) is 2.29. The number of halogens is 3. The molecule has 3 rings (SSSR count). The largest absolute Gasteiger partial charge is 0.433 e. The summed E-state index contributed by atoms with van der Waals surface area (Å²) in [5, 5.41) is 0. The summed E-state index contributed by atoms with van der Waals surface area (Å²) in [5.41, 5.74) is -3.91. The van der Waals surface area contributed by atoms with E-state index in [4.69, 9.17) is 4.74 Å². The lowest BCUT2D eigenvalue weighted by molar-refractivity contribution is -0.263. The Morgan fingerprint density at radius 2 is 1.96 bits per heavy atom. The molecule has 0 bridgehead atoms. The first-order valence-corrected chi connectivity index (χ1v) is 7.73. The summed E-state index contributed by atoms with van der Waals surface area (Å²) >= 11 is 0. The Morgan fingerprint density at radius 1 is 1.24 bits per heavy atom. The summed E-state index contributed by atoms with van der Waals surface area (Å²) in [5.74, 6) is 4.76. The maximum Gasteiger partial charge on any atom is 0.433 e. The second-order valence-corrected chi connectivity index (χ2v) is 5.78. The Balaban J connectivity index is 2.06. The third-order valence-electron chi connectivity index (χ3n) is 3.83. The van der Waals surface area contributed by atoms with Crippen molar-refractivity contribution in [3.63, 3.8) is 0 Å². The van der Waals surface area contributed by atoms with Crippen molar-refractivity contribution >= 4 is 0 Å². The molecular formula is C18H15F3N2O2. The lowest BCUT2D eigenvalue weighted by Gasteiger charge is -2.30. The Morgan fingerprint density at radius 3 is 2.56 bits per heavy atom. The van der Waals surface area contributed by atoms with Crippen LogP contribution in [0.25, 0.3) is 0 Å². The highest BCUT2D eigenvalue weighted by Gasteiger charge is 2.58. The average molecular weight is 348 g/mol. The topological polar surface area (TPSA) is 55.0 Å². The number of ether oxygens (including phenoxy) is 1. The lowest BCUT2D eigenvalue weighted by Crippen LogP contribution is -2.47. The van der Waals surface area contributed by atoms with Crippen LogP contribution in [0.2, 0.25) is 0 Å². The van der Waals surface area contributed by atoms with E-state index in [9.17, 15) is 18.0 Å². The smallest absolute Gasteiger partial charge is 0.345 e. The fraction of sp³-hybridized carbons (Fsp3) is 0.333. The van der Waals surface area contributed by atoms with E-state index in [1.165, 1.54) is 24.7 Å². The van der Waals surface area contributed by atoms with Gasteiger partial charge in [0.15, 0.2) is 0 Å². The molecule has 1 atom stereocenters. The fourth-order valence-corrected chi connectivity index (χ4v) is 2.29. The van der Waals surface area contributed by atoms with Crippen molar-refractivity contribution in [2.45, 2.75) is 31.2 Å². The maximum atomic E-state index is 14.0. The molecule has 130 valence electrons. The molecule has 0 saturated heterocycles. The number of hydrogen-bond acceptors (Lipinski definition) is 3. The van der Waals surface area contributed by atoms with Crippen LogP contribution in [-0.2, 0) is 16.9 Å². The SMILES string of the molecule is O=c1[nH]cccc1[C@](C#CC1CC1)(OCc1ccncc1)C(F)(F)F. The molecule has 0 radical (unpaired) electrons. The first-order valence-electron chi connectivity index (χ1n) is 7.73. The van der Waals surface area contributed by atoms with E-state index >= 15 is 0 Å². The van der Waals surface area contributed by atoms with Gasteiger partial charge < -0.3 is 9.72 Å². The molecule has 0 unspecified atom stereocenters. The minimum Gasteiger partial charge on any atom is -0.345 e. The highest BCUT2D eigenvalue weighted by molar-refractivity contribution is 5.34. The van der Waals surface area contributed by atoms with E-state index in [1.807, 2.05) is 0 Å². The van der Waals surface area contributed by atoms with Crippen LogP contribution >= 0.6 is 0 Å². The van der Waals surface area contributed by atoms with Gasteiger partial charge in [0.25, 0.3) is 11.2 Å². The Bertz CT molecular complexity index is 848. The summed E-state index contributed by atoms with van der Waals surface area (Å²) in [6.45, 7) is -0.351. The van der Waals surface area contributed by atoms with Crippen molar-refractivity contribution in [3.05, 3.63) is 64.3 Å². The molecule has 0 aromatic carbocycles. The molecular weight excluding hydrogens is 333 g/mol. The third-order valence-corrected chi connectivity index (χ3v) is 3.83. The molecule has 2 aromatic rings. The normalized spacial score (nSPS) is 16.6. The summed E-state index contributed by atoms with van der Waals surface area (Å²) in [7, 11) is 0. The van der Waals surface area contributed by atoms with Gasteiger partial charge in [-0.1, -0.05) is 11.8 Å². The Kier molecular flexibility index (Phi) is 4.64. The van der Waals surface area contributed by atoms with Gasteiger partial charge in [-0.2, -0.15) is 13.2 Å². The van der Waals surface area contributed by atoms with Crippen LogP contribution in [0.5, 0.6) is 0 Å². The summed E-state index contributed by atoms with van der Waals surface area (Å²) in [6, 6.07) is 5.52. The molecule has 0 spiro atoms. The monoisotopic (exact) mass is 348 g/mol. The van der Waals surface area contributed by atoms with Crippen molar-refractivity contribution in [2.24, 2.45) is 5.92 Å². The van der Waals surface area contributed by atoms with Crippen LogP contribution < -0.4 is 5.56 Å². The van der Waals surface area contributed by atoms with E-state index in [1.54, 1.807) is 12.1 Å².